The molecular weight excluding hydrogens is 340 g/mol. The summed E-state index contributed by atoms with van der Waals surface area (Å²) in [5, 5.41) is 9.16. The molecule has 1 unspecified atom stereocenters. The number of hydrogen-bond acceptors (Lipinski definition) is 6. The van der Waals surface area contributed by atoms with Crippen molar-refractivity contribution in [1.82, 2.24) is 0 Å². The van der Waals surface area contributed by atoms with Crippen LogP contribution in [0.25, 0.3) is 0 Å². The normalized spacial score (nSPS) is 16.0. The first-order valence-corrected chi connectivity index (χ1v) is 8.31. The molecule has 0 aliphatic carbocycles. The molecular formula is C19H22O7. The van der Waals surface area contributed by atoms with Gasteiger partial charge in [0.05, 0.1) is 24.3 Å². The third kappa shape index (κ3) is 4.70. The molecule has 1 atom stereocenters. The molecule has 0 radical (unpaired) electrons. The van der Waals surface area contributed by atoms with Gasteiger partial charge < -0.3 is 19.3 Å². The number of carbonyl (C=O) groups is 3. The van der Waals surface area contributed by atoms with E-state index < -0.39 is 24.0 Å². The van der Waals surface area contributed by atoms with E-state index in [4.69, 9.17) is 19.3 Å². The molecule has 140 valence electrons. The summed E-state index contributed by atoms with van der Waals surface area (Å²) in [5.74, 6) is -2.61. The Morgan fingerprint density at radius 2 is 1.96 bits per heavy atom. The largest absolute Gasteiger partial charge is 0.478 e. The van der Waals surface area contributed by atoms with Crippen LogP contribution in [-0.2, 0) is 19.0 Å². The molecule has 0 bridgehead atoms. The van der Waals surface area contributed by atoms with Crippen molar-refractivity contribution in [2.24, 2.45) is 5.41 Å². The van der Waals surface area contributed by atoms with Crippen LogP contribution < -0.4 is 0 Å². The molecule has 1 aliphatic rings. The van der Waals surface area contributed by atoms with Crippen LogP contribution in [0.4, 0.5) is 0 Å². The van der Waals surface area contributed by atoms with Crippen LogP contribution in [0, 0.1) is 5.41 Å². The van der Waals surface area contributed by atoms with Crippen molar-refractivity contribution in [1.29, 1.82) is 0 Å². The lowest BCUT2D eigenvalue weighted by molar-refractivity contribution is -0.161. The Balaban J connectivity index is 2.06. The highest BCUT2D eigenvalue weighted by atomic mass is 16.6. The van der Waals surface area contributed by atoms with E-state index in [0.717, 1.165) is 12.5 Å². The van der Waals surface area contributed by atoms with E-state index in [2.05, 4.69) is 6.58 Å². The Morgan fingerprint density at radius 1 is 1.31 bits per heavy atom. The maximum Gasteiger partial charge on any atom is 0.339 e. The van der Waals surface area contributed by atoms with Gasteiger partial charge in [-0.25, -0.2) is 14.4 Å². The molecule has 0 spiro atoms. The van der Waals surface area contributed by atoms with Crippen LogP contribution >= 0.6 is 0 Å². The van der Waals surface area contributed by atoms with E-state index in [0.29, 0.717) is 19.6 Å². The first-order valence-electron chi connectivity index (χ1n) is 8.31. The van der Waals surface area contributed by atoms with E-state index in [-0.39, 0.29) is 23.1 Å². The Bertz CT molecular complexity index is 685. The summed E-state index contributed by atoms with van der Waals surface area (Å²) in [6.45, 7) is 6.33. The van der Waals surface area contributed by atoms with E-state index in [1.54, 1.807) is 6.07 Å². The van der Waals surface area contributed by atoms with Gasteiger partial charge in [0.25, 0.3) is 0 Å². The lowest BCUT2D eigenvalue weighted by Crippen LogP contribution is -2.46. The predicted octanol–water partition coefficient (Wildman–Crippen LogP) is 2.46. The zero-order chi connectivity index (χ0) is 19.2. The van der Waals surface area contributed by atoms with E-state index >= 15 is 0 Å². The lowest BCUT2D eigenvalue weighted by Gasteiger charge is -2.42. The Morgan fingerprint density at radius 3 is 2.46 bits per heavy atom. The van der Waals surface area contributed by atoms with Gasteiger partial charge in [0.15, 0.2) is 0 Å². The molecule has 26 heavy (non-hydrogen) atoms. The van der Waals surface area contributed by atoms with E-state index in [1.165, 1.54) is 18.2 Å². The molecule has 1 fully saturated rings. The third-order valence-corrected chi connectivity index (χ3v) is 4.45. The fraction of sp³-hybridized carbons (Fsp3) is 0.421. The molecule has 0 amide bonds. The molecule has 0 aromatic heterocycles. The van der Waals surface area contributed by atoms with Gasteiger partial charge in [-0.15, -0.1) is 0 Å². The average molecular weight is 362 g/mol. The number of benzene rings is 1. The summed E-state index contributed by atoms with van der Waals surface area (Å²) < 4.78 is 15.8. The molecule has 1 aliphatic heterocycles. The number of carboxylic acids is 1. The van der Waals surface area contributed by atoms with Gasteiger partial charge in [0.1, 0.15) is 12.7 Å². The molecule has 1 saturated heterocycles. The summed E-state index contributed by atoms with van der Waals surface area (Å²) in [4.78, 5) is 35.1. The van der Waals surface area contributed by atoms with Crippen LogP contribution in [0.5, 0.6) is 0 Å². The van der Waals surface area contributed by atoms with Crippen LogP contribution in [-0.4, -0.2) is 48.9 Å². The fourth-order valence-corrected chi connectivity index (χ4v) is 2.78. The molecule has 1 aromatic rings. The third-order valence-electron chi connectivity index (χ3n) is 4.45. The lowest BCUT2D eigenvalue weighted by atomic mass is 9.78. The summed E-state index contributed by atoms with van der Waals surface area (Å²) in [7, 11) is 0. The fourth-order valence-electron chi connectivity index (χ4n) is 2.78. The zero-order valence-electron chi connectivity index (χ0n) is 14.6. The quantitative estimate of drug-likeness (QED) is 0.532. The van der Waals surface area contributed by atoms with E-state index in [1.807, 2.05) is 6.92 Å². The van der Waals surface area contributed by atoms with Crippen molar-refractivity contribution in [2.45, 2.75) is 25.9 Å². The molecule has 7 nitrogen and oxygen atoms in total. The van der Waals surface area contributed by atoms with Gasteiger partial charge in [-0.05, 0) is 25.0 Å². The molecule has 7 heteroatoms. The van der Waals surface area contributed by atoms with Gasteiger partial charge >= 0.3 is 17.9 Å². The minimum Gasteiger partial charge on any atom is -0.478 e. The van der Waals surface area contributed by atoms with Gasteiger partial charge in [0.2, 0.25) is 0 Å². The standard InChI is InChI=1S/C19H22O7/c1-3-16(20)26-13(9-19(4-2)11-24-12-19)10-25-18(23)15-8-6-5-7-14(15)17(21)22/h3,5-8,13H,1,4,9-12H2,2H3,(H,21,22). The van der Waals surface area contributed by atoms with Crippen LogP contribution in [0.15, 0.2) is 36.9 Å². The molecule has 1 N–H and O–H groups in total. The van der Waals surface area contributed by atoms with Crippen LogP contribution in [0.1, 0.15) is 40.5 Å². The van der Waals surface area contributed by atoms with Crippen molar-refractivity contribution in [3.05, 3.63) is 48.0 Å². The van der Waals surface area contributed by atoms with Crippen molar-refractivity contribution in [3.8, 4) is 0 Å². The number of carbonyl (C=O) groups excluding carboxylic acids is 2. The number of ether oxygens (including phenoxy) is 3. The maximum absolute atomic E-state index is 12.3. The average Bonchev–Trinajstić information content (AvgIpc) is 2.61. The predicted molar refractivity (Wildman–Crippen MR) is 91.9 cm³/mol. The van der Waals surface area contributed by atoms with Crippen molar-refractivity contribution in [3.63, 3.8) is 0 Å². The molecule has 1 aromatic carbocycles. The summed E-state index contributed by atoms with van der Waals surface area (Å²) >= 11 is 0. The second-order valence-electron chi connectivity index (χ2n) is 6.26. The number of aromatic carboxylic acids is 1. The highest BCUT2D eigenvalue weighted by Crippen LogP contribution is 2.37. The maximum atomic E-state index is 12.3. The second kappa shape index (κ2) is 8.62. The molecule has 0 saturated carbocycles. The topological polar surface area (TPSA) is 99.1 Å². The Kier molecular flexibility index (Phi) is 6.52. The van der Waals surface area contributed by atoms with Crippen molar-refractivity contribution in [2.75, 3.05) is 19.8 Å². The molecule has 2 rings (SSSR count). The highest BCUT2D eigenvalue weighted by molar-refractivity contribution is 6.02. The van der Waals surface area contributed by atoms with Crippen molar-refractivity contribution >= 4 is 17.9 Å². The van der Waals surface area contributed by atoms with Crippen LogP contribution in [0.2, 0.25) is 0 Å². The van der Waals surface area contributed by atoms with Gasteiger partial charge in [-0.1, -0.05) is 25.6 Å². The van der Waals surface area contributed by atoms with Crippen LogP contribution in [0.3, 0.4) is 0 Å². The first-order chi connectivity index (χ1) is 12.4. The summed E-state index contributed by atoms with van der Waals surface area (Å²) in [6.07, 6.45) is 1.71. The molecule has 1 heterocycles. The minimum atomic E-state index is -1.22. The zero-order valence-corrected chi connectivity index (χ0v) is 14.6. The number of hydrogen-bond donors (Lipinski definition) is 1. The SMILES string of the molecule is C=CC(=O)OC(COC(=O)c1ccccc1C(=O)O)CC1(CC)COC1. The second-order valence-corrected chi connectivity index (χ2v) is 6.26. The van der Waals surface area contributed by atoms with Gasteiger partial charge in [-0.3, -0.25) is 0 Å². The highest BCUT2D eigenvalue weighted by Gasteiger charge is 2.40. The van der Waals surface area contributed by atoms with Gasteiger partial charge in [-0.2, -0.15) is 0 Å². The smallest absolute Gasteiger partial charge is 0.339 e. The number of esters is 2. The summed E-state index contributed by atoms with van der Waals surface area (Å²) in [6, 6.07) is 5.78. The van der Waals surface area contributed by atoms with Gasteiger partial charge in [0, 0.05) is 11.5 Å². The Labute approximate surface area is 151 Å². The number of rotatable bonds is 9. The van der Waals surface area contributed by atoms with Crippen molar-refractivity contribution < 1.29 is 33.7 Å². The van der Waals surface area contributed by atoms with E-state index in [9.17, 15) is 14.4 Å². The Hall–Kier alpha value is -2.67. The number of carboxylic acid groups (broad SMARTS) is 1. The summed E-state index contributed by atoms with van der Waals surface area (Å²) in [5.41, 5.74) is -0.308. The first kappa shape index (κ1) is 19.7. The monoisotopic (exact) mass is 362 g/mol. The minimum absolute atomic E-state index is 0.0500.